The predicted molar refractivity (Wildman–Crippen MR) is 140 cm³/mol. The summed E-state index contributed by atoms with van der Waals surface area (Å²) >= 11 is 0. The van der Waals surface area contributed by atoms with E-state index in [1.165, 1.54) is 38.9 Å². The van der Waals surface area contributed by atoms with Crippen molar-refractivity contribution in [2.24, 2.45) is 0 Å². The largest absolute Gasteiger partial charge is 0.497 e. The number of benzene rings is 2. The molecule has 1 aliphatic carbocycles. The van der Waals surface area contributed by atoms with E-state index in [0.717, 1.165) is 22.6 Å². The molecule has 2 heterocycles. The fourth-order valence-electron chi connectivity index (χ4n) is 5.58. The van der Waals surface area contributed by atoms with Crippen LogP contribution in [0.4, 0.5) is 0 Å². The lowest BCUT2D eigenvalue weighted by atomic mass is 9.51. The molecule has 1 saturated carbocycles. The van der Waals surface area contributed by atoms with Crippen molar-refractivity contribution in [1.29, 1.82) is 0 Å². The van der Waals surface area contributed by atoms with E-state index in [9.17, 15) is 9.59 Å². The molecule has 8 nitrogen and oxygen atoms in total. The van der Waals surface area contributed by atoms with Crippen LogP contribution in [-0.4, -0.2) is 28.4 Å². The van der Waals surface area contributed by atoms with Crippen LogP contribution in [0, 0.1) is 0 Å². The highest BCUT2D eigenvalue weighted by molar-refractivity contribution is 5.50. The first-order valence-electron chi connectivity index (χ1n) is 12.1. The first kappa shape index (κ1) is 25.2. The molecule has 0 bridgehead atoms. The van der Waals surface area contributed by atoms with E-state index >= 15 is 0 Å². The Kier molecular flexibility index (Phi) is 6.96. The lowest BCUT2D eigenvalue weighted by molar-refractivity contribution is 0.160. The minimum absolute atomic E-state index is 0.117. The lowest BCUT2D eigenvalue weighted by Gasteiger charge is -2.51. The van der Waals surface area contributed by atoms with Crippen LogP contribution in [0.25, 0.3) is 0 Å². The maximum absolute atomic E-state index is 12.8. The van der Waals surface area contributed by atoms with Crippen LogP contribution in [0.2, 0.25) is 0 Å². The SMILES string of the molecule is COc1ccc([C@H]2[C@H](c3ccc(OC)cc3)[C@@H](c3occc(=O)c3OC)[C@@H]2c2occc(=O)c2OC)cc1. The highest BCUT2D eigenvalue weighted by Gasteiger charge is 2.57. The van der Waals surface area contributed by atoms with Crippen molar-refractivity contribution in [2.45, 2.75) is 23.7 Å². The molecule has 2 aromatic carbocycles. The quantitative estimate of drug-likeness (QED) is 0.320. The molecular formula is C30H28O8. The highest BCUT2D eigenvalue weighted by Crippen LogP contribution is 2.68. The minimum Gasteiger partial charge on any atom is -0.497 e. The molecular weight excluding hydrogens is 488 g/mol. The summed E-state index contributed by atoms with van der Waals surface area (Å²) in [5.74, 6) is 1.26. The number of hydrogen-bond donors (Lipinski definition) is 0. The van der Waals surface area contributed by atoms with Crippen molar-refractivity contribution in [3.05, 3.63) is 116 Å². The molecule has 2 aromatic heterocycles. The van der Waals surface area contributed by atoms with Gasteiger partial charge in [0.05, 0.1) is 41.0 Å². The Hall–Kier alpha value is -4.46. The van der Waals surface area contributed by atoms with Crippen molar-refractivity contribution in [3.63, 3.8) is 0 Å². The molecule has 0 unspecified atom stereocenters. The van der Waals surface area contributed by atoms with Crippen LogP contribution in [0.1, 0.15) is 46.3 Å². The fraction of sp³-hybridized carbons (Fsp3) is 0.267. The molecule has 0 amide bonds. The molecule has 196 valence electrons. The summed E-state index contributed by atoms with van der Waals surface area (Å²) in [5, 5.41) is 0. The average Bonchev–Trinajstić information content (AvgIpc) is 2.93. The molecule has 5 rings (SSSR count). The third-order valence-electron chi connectivity index (χ3n) is 7.29. The van der Waals surface area contributed by atoms with Gasteiger partial charge in [-0.25, -0.2) is 0 Å². The molecule has 4 aromatic rings. The van der Waals surface area contributed by atoms with Crippen LogP contribution >= 0.6 is 0 Å². The van der Waals surface area contributed by atoms with Gasteiger partial charge in [-0.2, -0.15) is 0 Å². The van der Waals surface area contributed by atoms with Gasteiger partial charge < -0.3 is 27.8 Å². The summed E-state index contributed by atoms with van der Waals surface area (Å²) in [7, 11) is 6.11. The monoisotopic (exact) mass is 516 g/mol. The molecule has 0 N–H and O–H groups in total. The van der Waals surface area contributed by atoms with Crippen molar-refractivity contribution >= 4 is 0 Å². The third kappa shape index (κ3) is 4.22. The van der Waals surface area contributed by atoms with Crippen LogP contribution in [0.3, 0.4) is 0 Å². The molecule has 1 aliphatic rings. The topological polar surface area (TPSA) is 97.3 Å². The first-order valence-corrected chi connectivity index (χ1v) is 12.1. The molecule has 0 radical (unpaired) electrons. The normalized spacial score (nSPS) is 20.3. The van der Waals surface area contributed by atoms with E-state index in [1.54, 1.807) is 14.2 Å². The second kappa shape index (κ2) is 10.5. The number of ether oxygens (including phenoxy) is 4. The van der Waals surface area contributed by atoms with Gasteiger partial charge in [0.25, 0.3) is 0 Å². The van der Waals surface area contributed by atoms with E-state index in [0.29, 0.717) is 11.5 Å². The van der Waals surface area contributed by atoms with Crippen molar-refractivity contribution in [1.82, 2.24) is 0 Å². The number of hydrogen-bond acceptors (Lipinski definition) is 8. The Morgan fingerprint density at radius 3 is 1.18 bits per heavy atom. The summed E-state index contributed by atoms with van der Waals surface area (Å²) in [4.78, 5) is 25.5. The van der Waals surface area contributed by atoms with Gasteiger partial charge in [0.2, 0.25) is 22.4 Å². The summed E-state index contributed by atoms with van der Waals surface area (Å²) in [6.45, 7) is 0. The Bertz CT molecular complexity index is 1400. The van der Waals surface area contributed by atoms with Gasteiger partial charge in [-0.3, -0.25) is 9.59 Å². The van der Waals surface area contributed by atoms with Gasteiger partial charge in [0.15, 0.2) is 11.5 Å². The second-order valence-corrected chi connectivity index (χ2v) is 9.01. The Balaban J connectivity index is 1.77. The van der Waals surface area contributed by atoms with Crippen molar-refractivity contribution in [3.8, 4) is 23.0 Å². The third-order valence-corrected chi connectivity index (χ3v) is 7.29. The van der Waals surface area contributed by atoms with Gasteiger partial charge in [-0.05, 0) is 35.4 Å². The van der Waals surface area contributed by atoms with E-state index in [2.05, 4.69) is 0 Å². The van der Waals surface area contributed by atoms with Crippen LogP contribution in [0.5, 0.6) is 23.0 Å². The Morgan fingerprint density at radius 2 is 0.868 bits per heavy atom. The molecule has 1 fully saturated rings. The highest BCUT2D eigenvalue weighted by atomic mass is 16.5. The molecule has 0 saturated heterocycles. The lowest BCUT2D eigenvalue weighted by Crippen LogP contribution is -2.41. The van der Waals surface area contributed by atoms with Crippen LogP contribution < -0.4 is 29.8 Å². The predicted octanol–water partition coefficient (Wildman–Crippen LogP) is 5.08. The van der Waals surface area contributed by atoms with Crippen molar-refractivity contribution in [2.75, 3.05) is 28.4 Å². The van der Waals surface area contributed by atoms with E-state index in [4.69, 9.17) is 27.8 Å². The number of methoxy groups -OCH3 is 4. The summed E-state index contributed by atoms with van der Waals surface area (Å²) in [6, 6.07) is 18.2. The first-order chi connectivity index (χ1) is 18.5. The molecule has 4 atom stereocenters. The second-order valence-electron chi connectivity index (χ2n) is 9.01. The molecule has 0 aliphatic heterocycles. The van der Waals surface area contributed by atoms with Gasteiger partial charge in [-0.1, -0.05) is 24.3 Å². The van der Waals surface area contributed by atoms with E-state index in [1.807, 2.05) is 48.5 Å². The molecule has 0 spiro atoms. The van der Waals surface area contributed by atoms with Crippen LogP contribution in [-0.2, 0) is 0 Å². The Labute approximate surface area is 219 Å². The average molecular weight is 517 g/mol. The van der Waals surface area contributed by atoms with E-state index < -0.39 is 11.8 Å². The smallest absolute Gasteiger partial charge is 0.227 e. The maximum atomic E-state index is 12.8. The summed E-state index contributed by atoms with van der Waals surface area (Å²) in [6.07, 6.45) is 2.73. The molecule has 38 heavy (non-hydrogen) atoms. The number of rotatable bonds is 8. The Morgan fingerprint density at radius 1 is 0.500 bits per heavy atom. The van der Waals surface area contributed by atoms with Gasteiger partial charge in [-0.15, -0.1) is 0 Å². The van der Waals surface area contributed by atoms with Crippen LogP contribution in [0.15, 0.2) is 91.6 Å². The zero-order valence-electron chi connectivity index (χ0n) is 21.5. The minimum atomic E-state index is -0.418. The van der Waals surface area contributed by atoms with Gasteiger partial charge in [0.1, 0.15) is 11.5 Å². The molecule has 8 heteroatoms. The summed E-state index contributed by atoms with van der Waals surface area (Å²) < 4.78 is 33.7. The summed E-state index contributed by atoms with van der Waals surface area (Å²) in [5.41, 5.74) is 1.41. The van der Waals surface area contributed by atoms with Crippen molar-refractivity contribution < 1.29 is 27.8 Å². The fourth-order valence-corrected chi connectivity index (χ4v) is 5.58. The van der Waals surface area contributed by atoms with Gasteiger partial charge >= 0.3 is 0 Å². The maximum Gasteiger partial charge on any atom is 0.227 e. The zero-order valence-corrected chi connectivity index (χ0v) is 21.5. The zero-order chi connectivity index (χ0) is 26.8. The van der Waals surface area contributed by atoms with Gasteiger partial charge in [0, 0.05) is 35.8 Å². The van der Waals surface area contributed by atoms with E-state index in [-0.39, 0.29) is 34.2 Å². The standard InChI is InChI=1S/C30H28O8/c1-33-19-9-5-17(6-10-19)23-24(18-7-11-20(34-2)12-8-18)26(30-28(36-4)22(32)14-16-38-30)25(23)29-27(35-3)21(31)13-15-37-29/h5-16,23-26H,1-4H3/t23-,24-,25+,26+/m0/s1.